The van der Waals surface area contributed by atoms with Crippen LogP contribution in [0.15, 0.2) is 17.2 Å². The molecule has 6 heteroatoms. The molecule has 0 aliphatic heterocycles. The zero-order chi connectivity index (χ0) is 12.1. The van der Waals surface area contributed by atoms with E-state index in [0.717, 1.165) is 6.21 Å². The first-order chi connectivity index (χ1) is 7.56. The van der Waals surface area contributed by atoms with E-state index in [1.807, 2.05) is 5.43 Å². The Morgan fingerprint density at radius 1 is 1.50 bits per heavy atom. The summed E-state index contributed by atoms with van der Waals surface area (Å²) in [6.07, 6.45) is 1.39. The largest absolute Gasteiger partial charge is 0.350 e. The van der Waals surface area contributed by atoms with Gasteiger partial charge < -0.3 is 5.73 Å². The molecule has 0 bridgehead atoms. The first-order valence-corrected chi connectivity index (χ1v) is 4.61. The molecule has 0 saturated heterocycles. The lowest BCUT2D eigenvalue weighted by atomic mass is 10.1. The average molecular weight is 227 g/mol. The SMILES string of the molecule is CCc1ccc(C=NNC(N)=O)c(F)c1F. The van der Waals surface area contributed by atoms with Gasteiger partial charge in [-0.1, -0.05) is 13.0 Å². The summed E-state index contributed by atoms with van der Waals surface area (Å²) >= 11 is 0. The Morgan fingerprint density at radius 2 is 2.19 bits per heavy atom. The summed E-state index contributed by atoms with van der Waals surface area (Å²) < 4.78 is 26.7. The van der Waals surface area contributed by atoms with E-state index in [2.05, 4.69) is 5.10 Å². The molecule has 1 rings (SSSR count). The highest BCUT2D eigenvalue weighted by molar-refractivity contribution is 5.81. The summed E-state index contributed by atoms with van der Waals surface area (Å²) in [5.74, 6) is -1.89. The predicted molar refractivity (Wildman–Crippen MR) is 56.0 cm³/mol. The smallest absolute Gasteiger partial charge is 0.332 e. The van der Waals surface area contributed by atoms with Gasteiger partial charge in [-0.05, 0) is 18.1 Å². The van der Waals surface area contributed by atoms with Crippen LogP contribution in [0.25, 0.3) is 0 Å². The van der Waals surface area contributed by atoms with E-state index >= 15 is 0 Å². The molecular weight excluding hydrogens is 216 g/mol. The topological polar surface area (TPSA) is 67.5 Å². The standard InChI is InChI=1S/C10H11F2N3O/c1-2-6-3-4-7(9(12)8(6)11)5-14-15-10(13)16/h3-5H,2H2,1H3,(H3,13,15,16). The van der Waals surface area contributed by atoms with E-state index in [1.54, 1.807) is 6.92 Å². The van der Waals surface area contributed by atoms with Crippen LogP contribution in [0.4, 0.5) is 13.6 Å². The van der Waals surface area contributed by atoms with Crippen molar-refractivity contribution in [1.29, 1.82) is 0 Å². The molecule has 0 aliphatic rings. The third-order valence-corrected chi connectivity index (χ3v) is 1.95. The highest BCUT2D eigenvalue weighted by Gasteiger charge is 2.10. The highest BCUT2D eigenvalue weighted by Crippen LogP contribution is 2.15. The molecule has 2 amide bonds. The van der Waals surface area contributed by atoms with Gasteiger partial charge >= 0.3 is 6.03 Å². The van der Waals surface area contributed by atoms with Gasteiger partial charge in [-0.2, -0.15) is 5.10 Å². The van der Waals surface area contributed by atoms with Gasteiger partial charge in [-0.3, -0.25) is 0 Å². The molecule has 0 unspecified atom stereocenters. The minimum Gasteiger partial charge on any atom is -0.350 e. The number of amides is 2. The lowest BCUT2D eigenvalue weighted by molar-refractivity contribution is 0.249. The Morgan fingerprint density at radius 3 is 2.75 bits per heavy atom. The zero-order valence-electron chi connectivity index (χ0n) is 8.63. The summed E-state index contributed by atoms with van der Waals surface area (Å²) in [5, 5.41) is 3.34. The molecule has 0 aromatic heterocycles. The minimum atomic E-state index is -0.991. The van der Waals surface area contributed by atoms with Gasteiger partial charge in [0.15, 0.2) is 11.6 Å². The molecule has 0 saturated carbocycles. The predicted octanol–water partition coefficient (Wildman–Crippen LogP) is 1.53. The van der Waals surface area contributed by atoms with Gasteiger partial charge in [0.25, 0.3) is 0 Å². The third-order valence-electron chi connectivity index (χ3n) is 1.95. The van der Waals surface area contributed by atoms with Crippen molar-refractivity contribution >= 4 is 12.2 Å². The van der Waals surface area contributed by atoms with E-state index in [9.17, 15) is 13.6 Å². The van der Waals surface area contributed by atoms with Crippen LogP contribution in [0.1, 0.15) is 18.1 Å². The van der Waals surface area contributed by atoms with Crippen molar-refractivity contribution in [2.75, 3.05) is 0 Å². The number of aryl methyl sites for hydroxylation is 1. The Balaban J connectivity index is 2.94. The van der Waals surface area contributed by atoms with Gasteiger partial charge in [0.1, 0.15) is 0 Å². The highest BCUT2D eigenvalue weighted by atomic mass is 19.2. The van der Waals surface area contributed by atoms with E-state index in [0.29, 0.717) is 6.42 Å². The maximum absolute atomic E-state index is 13.4. The number of halogens is 2. The number of hydrazone groups is 1. The second kappa shape index (κ2) is 5.20. The molecular formula is C10H11F2N3O. The fraction of sp³-hybridized carbons (Fsp3) is 0.200. The molecule has 0 heterocycles. The first-order valence-electron chi connectivity index (χ1n) is 4.61. The number of nitrogens with zero attached hydrogens (tertiary/aromatic N) is 1. The van der Waals surface area contributed by atoms with Gasteiger partial charge in [0.2, 0.25) is 0 Å². The normalized spacial score (nSPS) is 10.7. The van der Waals surface area contributed by atoms with Crippen molar-refractivity contribution in [3.63, 3.8) is 0 Å². The number of hydrogen-bond donors (Lipinski definition) is 2. The van der Waals surface area contributed by atoms with Crippen LogP contribution in [0.2, 0.25) is 0 Å². The molecule has 0 spiro atoms. The van der Waals surface area contributed by atoms with Crippen LogP contribution in [0.5, 0.6) is 0 Å². The number of urea groups is 1. The van der Waals surface area contributed by atoms with Crippen molar-refractivity contribution in [3.8, 4) is 0 Å². The van der Waals surface area contributed by atoms with Crippen molar-refractivity contribution in [3.05, 3.63) is 34.9 Å². The number of benzene rings is 1. The summed E-state index contributed by atoms with van der Waals surface area (Å²) in [5.41, 5.74) is 6.86. The van der Waals surface area contributed by atoms with Crippen LogP contribution in [-0.4, -0.2) is 12.2 Å². The Labute approximate surface area is 91.1 Å². The Hall–Kier alpha value is -1.98. The second-order valence-corrected chi connectivity index (χ2v) is 3.03. The number of nitrogens with one attached hydrogen (secondary N) is 1. The summed E-state index contributed by atoms with van der Waals surface area (Å²) in [4.78, 5) is 10.3. The molecule has 4 nitrogen and oxygen atoms in total. The molecule has 16 heavy (non-hydrogen) atoms. The molecule has 3 N–H and O–H groups in total. The fourth-order valence-corrected chi connectivity index (χ4v) is 1.14. The zero-order valence-corrected chi connectivity index (χ0v) is 8.63. The molecule has 0 aliphatic carbocycles. The quantitative estimate of drug-likeness (QED) is 0.596. The van der Waals surface area contributed by atoms with Crippen LogP contribution in [0, 0.1) is 11.6 Å². The van der Waals surface area contributed by atoms with Gasteiger partial charge in [-0.15, -0.1) is 0 Å². The van der Waals surface area contributed by atoms with Crippen LogP contribution in [0.3, 0.4) is 0 Å². The van der Waals surface area contributed by atoms with Crippen molar-refractivity contribution in [2.24, 2.45) is 10.8 Å². The minimum absolute atomic E-state index is 0.0524. The van der Waals surface area contributed by atoms with Gasteiger partial charge in [-0.25, -0.2) is 19.0 Å². The number of hydrogen-bond acceptors (Lipinski definition) is 2. The number of carbonyl (C=O) groups excluding carboxylic acids is 1. The monoisotopic (exact) mass is 227 g/mol. The average Bonchev–Trinajstić information content (AvgIpc) is 2.24. The number of carbonyl (C=O) groups is 1. The number of primary amides is 1. The second-order valence-electron chi connectivity index (χ2n) is 3.03. The lowest BCUT2D eigenvalue weighted by Gasteiger charge is -2.03. The molecule has 0 radical (unpaired) electrons. The van der Waals surface area contributed by atoms with E-state index in [1.165, 1.54) is 12.1 Å². The van der Waals surface area contributed by atoms with Crippen molar-refractivity contribution in [2.45, 2.75) is 13.3 Å². The Bertz CT molecular complexity index is 432. The van der Waals surface area contributed by atoms with E-state index in [-0.39, 0.29) is 11.1 Å². The fourth-order valence-electron chi connectivity index (χ4n) is 1.14. The van der Waals surface area contributed by atoms with E-state index < -0.39 is 17.7 Å². The molecule has 86 valence electrons. The maximum Gasteiger partial charge on any atom is 0.332 e. The molecule has 0 atom stereocenters. The van der Waals surface area contributed by atoms with Crippen LogP contribution in [-0.2, 0) is 6.42 Å². The first kappa shape index (κ1) is 12.1. The van der Waals surface area contributed by atoms with Crippen molar-refractivity contribution in [1.82, 2.24) is 5.43 Å². The summed E-state index contributed by atoms with van der Waals surface area (Å²) in [6.45, 7) is 1.72. The van der Waals surface area contributed by atoms with Crippen LogP contribution < -0.4 is 11.2 Å². The molecule has 1 aromatic carbocycles. The maximum atomic E-state index is 13.4. The lowest BCUT2D eigenvalue weighted by Crippen LogP contribution is -2.24. The number of rotatable bonds is 3. The van der Waals surface area contributed by atoms with Crippen LogP contribution >= 0.6 is 0 Å². The third kappa shape index (κ3) is 2.75. The van der Waals surface area contributed by atoms with E-state index in [4.69, 9.17) is 5.73 Å². The van der Waals surface area contributed by atoms with Gasteiger partial charge in [0.05, 0.1) is 6.21 Å². The summed E-state index contributed by atoms with van der Waals surface area (Å²) in [7, 11) is 0. The van der Waals surface area contributed by atoms with Gasteiger partial charge in [0, 0.05) is 5.56 Å². The molecule has 0 fully saturated rings. The Kier molecular flexibility index (Phi) is 3.93. The van der Waals surface area contributed by atoms with Crippen molar-refractivity contribution < 1.29 is 13.6 Å². The summed E-state index contributed by atoms with van der Waals surface area (Å²) in [6, 6.07) is 1.97. The number of nitrogens with two attached hydrogens (primary N) is 1. The molecule has 1 aromatic rings.